The Labute approximate surface area is 116 Å². The van der Waals surface area contributed by atoms with Crippen LogP contribution in [0.1, 0.15) is 29.1 Å². The summed E-state index contributed by atoms with van der Waals surface area (Å²) >= 11 is 1.63. The summed E-state index contributed by atoms with van der Waals surface area (Å²) in [5.74, 6) is -0.113. The summed E-state index contributed by atoms with van der Waals surface area (Å²) in [5, 5.41) is 11.4. The van der Waals surface area contributed by atoms with Crippen LogP contribution in [0, 0.1) is 0 Å². The Morgan fingerprint density at radius 2 is 2.26 bits per heavy atom. The van der Waals surface area contributed by atoms with Crippen molar-refractivity contribution in [1.29, 1.82) is 0 Å². The highest BCUT2D eigenvalue weighted by molar-refractivity contribution is 7.09. The van der Waals surface area contributed by atoms with Gasteiger partial charge in [-0.05, 0) is 31.4 Å². The summed E-state index contributed by atoms with van der Waals surface area (Å²) in [6.07, 6.45) is 2.79. The topological polar surface area (TPSA) is 53.4 Å². The number of pyridine rings is 1. The van der Waals surface area contributed by atoms with Gasteiger partial charge in [-0.3, -0.25) is 9.78 Å². The van der Waals surface area contributed by atoms with E-state index >= 15 is 0 Å². The van der Waals surface area contributed by atoms with Gasteiger partial charge in [-0.25, -0.2) is 0 Å². The molecule has 0 radical (unpaired) electrons. The number of carbonyl (C=O) groups is 1. The number of aromatic hydroxyl groups is 1. The average Bonchev–Trinajstić information content (AvgIpc) is 2.87. The fraction of sp³-hybridized carbons (Fsp3) is 0.286. The number of nitrogens with zero attached hydrogens (tertiary/aromatic N) is 2. The highest BCUT2D eigenvalue weighted by atomic mass is 32.1. The molecule has 0 saturated heterocycles. The molecule has 0 unspecified atom stereocenters. The van der Waals surface area contributed by atoms with E-state index in [-0.39, 0.29) is 17.7 Å². The Kier molecular flexibility index (Phi) is 4.16. The molecule has 0 atom stereocenters. The summed E-state index contributed by atoms with van der Waals surface area (Å²) in [6.45, 7) is 4.52. The van der Waals surface area contributed by atoms with Crippen LogP contribution < -0.4 is 0 Å². The molecule has 0 aromatic carbocycles. The zero-order chi connectivity index (χ0) is 13.8. The first kappa shape index (κ1) is 13.5. The summed E-state index contributed by atoms with van der Waals surface area (Å²) in [5.41, 5.74) is 0.408. The van der Waals surface area contributed by atoms with E-state index in [1.165, 1.54) is 18.5 Å². The van der Waals surface area contributed by atoms with Gasteiger partial charge in [-0.1, -0.05) is 6.07 Å². The molecule has 1 amide bonds. The van der Waals surface area contributed by atoms with Gasteiger partial charge in [0.15, 0.2) is 0 Å². The molecule has 2 heterocycles. The van der Waals surface area contributed by atoms with Gasteiger partial charge < -0.3 is 10.0 Å². The third-order valence-corrected chi connectivity index (χ3v) is 3.62. The van der Waals surface area contributed by atoms with Gasteiger partial charge in [0.25, 0.3) is 5.91 Å². The molecule has 5 heteroatoms. The summed E-state index contributed by atoms with van der Waals surface area (Å²) in [7, 11) is 0. The molecule has 2 rings (SSSR count). The van der Waals surface area contributed by atoms with E-state index < -0.39 is 0 Å². The number of hydrogen-bond acceptors (Lipinski definition) is 4. The SMILES string of the molecule is CC(C)N(Cc1cccs1)C(=O)c1cncc(O)c1. The standard InChI is InChI=1S/C14H16N2O2S/c1-10(2)16(9-13-4-3-5-19-13)14(18)11-6-12(17)8-15-7-11/h3-8,10,17H,9H2,1-2H3. The summed E-state index contributed by atoms with van der Waals surface area (Å²) < 4.78 is 0. The summed E-state index contributed by atoms with van der Waals surface area (Å²) in [6, 6.07) is 5.50. The van der Waals surface area contributed by atoms with E-state index in [0.717, 1.165) is 4.88 Å². The molecule has 2 aromatic rings. The number of hydrogen-bond donors (Lipinski definition) is 1. The van der Waals surface area contributed by atoms with E-state index in [1.807, 2.05) is 31.4 Å². The van der Waals surface area contributed by atoms with Crippen molar-refractivity contribution >= 4 is 17.2 Å². The molecule has 2 aromatic heterocycles. The molecule has 0 saturated carbocycles. The maximum atomic E-state index is 12.4. The Bertz CT molecular complexity index is 552. The van der Waals surface area contributed by atoms with Crippen molar-refractivity contribution in [2.24, 2.45) is 0 Å². The first-order chi connectivity index (χ1) is 9.08. The van der Waals surface area contributed by atoms with Gasteiger partial charge in [0.2, 0.25) is 0 Å². The molecule has 0 spiro atoms. The number of aromatic nitrogens is 1. The third kappa shape index (κ3) is 3.32. The molecular weight excluding hydrogens is 260 g/mol. The largest absolute Gasteiger partial charge is 0.506 e. The molecule has 1 N–H and O–H groups in total. The fourth-order valence-electron chi connectivity index (χ4n) is 1.77. The lowest BCUT2D eigenvalue weighted by Crippen LogP contribution is -2.36. The first-order valence-electron chi connectivity index (χ1n) is 6.05. The van der Waals surface area contributed by atoms with Crippen LogP contribution in [0.3, 0.4) is 0 Å². The molecule has 0 bridgehead atoms. The molecular formula is C14H16N2O2S. The minimum atomic E-state index is -0.119. The lowest BCUT2D eigenvalue weighted by molar-refractivity contribution is 0.0691. The third-order valence-electron chi connectivity index (χ3n) is 2.76. The van der Waals surface area contributed by atoms with E-state index in [2.05, 4.69) is 4.98 Å². The van der Waals surface area contributed by atoms with Crippen molar-refractivity contribution in [3.63, 3.8) is 0 Å². The number of amides is 1. The summed E-state index contributed by atoms with van der Waals surface area (Å²) in [4.78, 5) is 19.2. The predicted molar refractivity (Wildman–Crippen MR) is 75.2 cm³/mol. The van der Waals surface area contributed by atoms with Crippen LogP contribution in [0.25, 0.3) is 0 Å². The molecule has 0 aliphatic rings. The van der Waals surface area contributed by atoms with Crippen LogP contribution in [0.4, 0.5) is 0 Å². The Morgan fingerprint density at radius 3 is 2.84 bits per heavy atom. The highest BCUT2D eigenvalue weighted by Gasteiger charge is 2.20. The molecule has 100 valence electrons. The highest BCUT2D eigenvalue weighted by Crippen LogP contribution is 2.18. The Morgan fingerprint density at radius 1 is 1.47 bits per heavy atom. The van der Waals surface area contributed by atoms with Crippen molar-refractivity contribution in [3.8, 4) is 5.75 Å². The molecule has 0 aliphatic heterocycles. The number of carbonyl (C=O) groups excluding carboxylic acids is 1. The van der Waals surface area contributed by atoms with Crippen LogP contribution in [-0.2, 0) is 6.54 Å². The number of rotatable bonds is 4. The first-order valence-corrected chi connectivity index (χ1v) is 6.93. The van der Waals surface area contributed by atoms with Gasteiger partial charge in [0.1, 0.15) is 5.75 Å². The Balaban J connectivity index is 2.21. The average molecular weight is 276 g/mol. The van der Waals surface area contributed by atoms with E-state index in [0.29, 0.717) is 12.1 Å². The smallest absolute Gasteiger partial charge is 0.256 e. The van der Waals surface area contributed by atoms with E-state index in [4.69, 9.17) is 0 Å². The van der Waals surface area contributed by atoms with Gasteiger partial charge in [-0.15, -0.1) is 11.3 Å². The second kappa shape index (κ2) is 5.84. The van der Waals surface area contributed by atoms with E-state index in [1.54, 1.807) is 16.2 Å². The van der Waals surface area contributed by atoms with Gasteiger partial charge >= 0.3 is 0 Å². The molecule has 19 heavy (non-hydrogen) atoms. The molecule has 0 fully saturated rings. The second-order valence-electron chi connectivity index (χ2n) is 4.54. The Hall–Kier alpha value is -1.88. The van der Waals surface area contributed by atoms with Crippen molar-refractivity contribution in [2.75, 3.05) is 0 Å². The maximum absolute atomic E-state index is 12.4. The van der Waals surface area contributed by atoms with Crippen LogP contribution in [0.2, 0.25) is 0 Å². The lowest BCUT2D eigenvalue weighted by atomic mass is 10.2. The van der Waals surface area contributed by atoms with Crippen molar-refractivity contribution < 1.29 is 9.90 Å². The van der Waals surface area contributed by atoms with Gasteiger partial charge in [0, 0.05) is 17.1 Å². The van der Waals surface area contributed by atoms with Crippen LogP contribution in [0.15, 0.2) is 36.0 Å². The number of thiophene rings is 1. The molecule has 4 nitrogen and oxygen atoms in total. The van der Waals surface area contributed by atoms with Crippen LogP contribution in [0.5, 0.6) is 5.75 Å². The van der Waals surface area contributed by atoms with Crippen molar-refractivity contribution in [1.82, 2.24) is 9.88 Å². The van der Waals surface area contributed by atoms with Crippen molar-refractivity contribution in [3.05, 3.63) is 46.4 Å². The second-order valence-corrected chi connectivity index (χ2v) is 5.57. The molecule has 0 aliphatic carbocycles. The zero-order valence-corrected chi connectivity index (χ0v) is 11.7. The van der Waals surface area contributed by atoms with Crippen LogP contribution in [-0.4, -0.2) is 26.9 Å². The quantitative estimate of drug-likeness (QED) is 0.934. The minimum absolute atomic E-state index is 0.00526. The van der Waals surface area contributed by atoms with Crippen LogP contribution >= 0.6 is 11.3 Å². The van der Waals surface area contributed by atoms with Gasteiger partial charge in [0.05, 0.1) is 18.3 Å². The monoisotopic (exact) mass is 276 g/mol. The zero-order valence-electron chi connectivity index (χ0n) is 10.9. The van der Waals surface area contributed by atoms with E-state index in [9.17, 15) is 9.90 Å². The normalized spacial score (nSPS) is 10.7. The van der Waals surface area contributed by atoms with Gasteiger partial charge in [-0.2, -0.15) is 0 Å². The predicted octanol–water partition coefficient (Wildman–Crippen LogP) is 2.90. The fourth-order valence-corrected chi connectivity index (χ4v) is 2.47. The van der Waals surface area contributed by atoms with Crippen molar-refractivity contribution in [2.45, 2.75) is 26.4 Å². The lowest BCUT2D eigenvalue weighted by Gasteiger charge is -2.26. The minimum Gasteiger partial charge on any atom is -0.506 e. The maximum Gasteiger partial charge on any atom is 0.256 e.